The van der Waals surface area contributed by atoms with E-state index in [0.717, 1.165) is 41.5 Å². The fourth-order valence-electron chi connectivity index (χ4n) is 4.71. The summed E-state index contributed by atoms with van der Waals surface area (Å²) in [6.07, 6.45) is 7.21. The quantitative estimate of drug-likeness (QED) is 0.279. The average Bonchev–Trinajstić information content (AvgIpc) is 3.29. The number of aryl methyl sites for hydroxylation is 1. The molecule has 6 nitrogen and oxygen atoms in total. The lowest BCUT2D eigenvalue weighted by Crippen LogP contribution is -2.23. The number of likely N-dealkylation sites (N-methyl/N-ethyl adjacent to an activating group) is 1. The lowest BCUT2D eigenvalue weighted by Gasteiger charge is -2.17. The van der Waals surface area contributed by atoms with Crippen LogP contribution in [-0.2, 0) is 4.79 Å². The van der Waals surface area contributed by atoms with Crippen molar-refractivity contribution in [1.82, 2.24) is 14.9 Å². The zero-order valence-corrected chi connectivity index (χ0v) is 21.4. The fourth-order valence-corrected chi connectivity index (χ4v) is 4.89. The molecule has 188 valence electrons. The monoisotopic (exact) mass is 515 g/mol. The number of benzene rings is 3. The molecule has 2 N–H and O–H groups in total. The predicted octanol–water partition coefficient (Wildman–Crippen LogP) is 6.73. The van der Waals surface area contributed by atoms with E-state index in [9.17, 15) is 9.18 Å². The third-order valence-electron chi connectivity index (χ3n) is 6.60. The third kappa shape index (κ3) is 5.48. The zero-order valence-electron chi connectivity index (χ0n) is 20.6. The molecule has 0 aliphatic carbocycles. The summed E-state index contributed by atoms with van der Waals surface area (Å²) in [5.74, 6) is -0.185. The first-order chi connectivity index (χ1) is 17.9. The summed E-state index contributed by atoms with van der Waals surface area (Å²) in [5.41, 5.74) is 4.70. The Labute approximate surface area is 220 Å². The van der Waals surface area contributed by atoms with E-state index in [4.69, 9.17) is 11.6 Å². The van der Waals surface area contributed by atoms with Crippen LogP contribution in [0.5, 0.6) is 0 Å². The molecule has 1 aliphatic rings. The summed E-state index contributed by atoms with van der Waals surface area (Å²) in [7, 11) is 2.07. The molecule has 8 heteroatoms. The van der Waals surface area contributed by atoms with Crippen molar-refractivity contribution in [3.63, 3.8) is 0 Å². The lowest BCUT2D eigenvalue weighted by molar-refractivity contribution is -0.111. The molecule has 1 aliphatic heterocycles. The van der Waals surface area contributed by atoms with Gasteiger partial charge in [0.1, 0.15) is 18.0 Å². The number of nitrogens with zero attached hydrogens (tertiary/aromatic N) is 3. The van der Waals surface area contributed by atoms with Gasteiger partial charge < -0.3 is 10.6 Å². The van der Waals surface area contributed by atoms with Gasteiger partial charge in [-0.1, -0.05) is 47.5 Å². The van der Waals surface area contributed by atoms with Gasteiger partial charge in [0, 0.05) is 29.1 Å². The molecule has 1 saturated heterocycles. The van der Waals surface area contributed by atoms with E-state index in [1.54, 1.807) is 12.1 Å². The van der Waals surface area contributed by atoms with Gasteiger partial charge in [-0.2, -0.15) is 0 Å². The van der Waals surface area contributed by atoms with E-state index >= 15 is 0 Å². The molecule has 1 unspecified atom stereocenters. The highest BCUT2D eigenvalue weighted by molar-refractivity contribution is 6.31. The molecule has 1 aromatic heterocycles. The van der Waals surface area contributed by atoms with Crippen molar-refractivity contribution in [1.29, 1.82) is 0 Å². The Balaban J connectivity index is 1.59. The van der Waals surface area contributed by atoms with Gasteiger partial charge >= 0.3 is 0 Å². The number of aromatic nitrogens is 2. The molecule has 0 spiro atoms. The maximum absolute atomic E-state index is 13.7. The minimum atomic E-state index is -0.498. The fraction of sp³-hybridized carbons (Fsp3) is 0.207. The second-order valence-corrected chi connectivity index (χ2v) is 9.67. The van der Waals surface area contributed by atoms with Gasteiger partial charge in [-0.15, -0.1) is 0 Å². The Hall–Kier alpha value is -3.81. The molecular formula is C29H27ClFN5O. The minimum Gasteiger partial charge on any atom is -0.340 e. The van der Waals surface area contributed by atoms with Crippen LogP contribution in [-0.4, -0.2) is 40.4 Å². The number of amides is 1. The third-order valence-corrected chi connectivity index (χ3v) is 6.89. The van der Waals surface area contributed by atoms with Crippen LogP contribution in [0.4, 0.5) is 21.6 Å². The largest absolute Gasteiger partial charge is 0.340 e. The summed E-state index contributed by atoms with van der Waals surface area (Å²) >= 11 is 6.01. The Morgan fingerprint density at radius 2 is 2.03 bits per heavy atom. The van der Waals surface area contributed by atoms with Gasteiger partial charge in [-0.25, -0.2) is 14.4 Å². The SMILES string of the molecule is Cc1cccc(-c2c(NC(=O)/C=C/C3CCCN3C)ccc3ncnc(Nc4ccc(F)c(Cl)c4)c23)c1. The second-order valence-electron chi connectivity index (χ2n) is 9.27. The van der Waals surface area contributed by atoms with Crippen molar-refractivity contribution in [2.45, 2.75) is 25.8 Å². The van der Waals surface area contributed by atoms with Crippen molar-refractivity contribution in [2.24, 2.45) is 0 Å². The standard InChI is InChI=1S/C29H27ClFN5O/c1-18-5-3-6-19(15-18)27-25(35-26(37)13-9-21-7-4-14-36(21)2)12-11-24-28(27)29(33-17-32-24)34-20-8-10-23(31)22(30)16-20/h3,5-6,8-13,15-17,21H,4,7,14H2,1-2H3,(H,35,37)(H,32,33,34)/b13-9+. The maximum Gasteiger partial charge on any atom is 0.248 e. The molecule has 1 fully saturated rings. The molecule has 1 atom stereocenters. The molecule has 3 aromatic carbocycles. The lowest BCUT2D eigenvalue weighted by atomic mass is 9.97. The highest BCUT2D eigenvalue weighted by Crippen LogP contribution is 2.39. The number of nitrogens with one attached hydrogen (secondary N) is 2. The minimum absolute atomic E-state index is 0.00918. The van der Waals surface area contributed by atoms with Crippen LogP contribution in [0.25, 0.3) is 22.0 Å². The summed E-state index contributed by atoms with van der Waals surface area (Å²) in [4.78, 5) is 24.2. The van der Waals surface area contributed by atoms with E-state index in [-0.39, 0.29) is 17.0 Å². The Kier molecular flexibility index (Phi) is 7.17. The van der Waals surface area contributed by atoms with Gasteiger partial charge in [0.15, 0.2) is 0 Å². The molecule has 0 radical (unpaired) electrons. The molecule has 37 heavy (non-hydrogen) atoms. The molecular weight excluding hydrogens is 489 g/mol. The summed E-state index contributed by atoms with van der Waals surface area (Å²) in [6.45, 7) is 3.05. The van der Waals surface area contributed by atoms with Crippen LogP contribution >= 0.6 is 11.6 Å². The number of fused-ring (bicyclic) bond motifs is 1. The molecule has 0 saturated carbocycles. The Bertz CT molecular complexity index is 1510. The summed E-state index contributed by atoms with van der Waals surface area (Å²) < 4.78 is 13.7. The van der Waals surface area contributed by atoms with E-state index in [1.165, 1.54) is 18.5 Å². The van der Waals surface area contributed by atoms with Crippen LogP contribution in [0.1, 0.15) is 18.4 Å². The average molecular weight is 516 g/mol. The van der Waals surface area contributed by atoms with Crippen LogP contribution < -0.4 is 10.6 Å². The highest BCUT2D eigenvalue weighted by Gasteiger charge is 2.19. The molecule has 1 amide bonds. The van der Waals surface area contributed by atoms with Gasteiger partial charge in [-0.3, -0.25) is 9.69 Å². The highest BCUT2D eigenvalue weighted by atomic mass is 35.5. The molecule has 0 bridgehead atoms. The van der Waals surface area contributed by atoms with Crippen molar-refractivity contribution >= 4 is 45.6 Å². The normalized spacial score (nSPS) is 15.9. The number of carbonyl (C=O) groups excluding carboxylic acids is 1. The second kappa shape index (κ2) is 10.7. The van der Waals surface area contributed by atoms with Gasteiger partial charge in [-0.05, 0) is 69.3 Å². The molecule has 2 heterocycles. The van der Waals surface area contributed by atoms with E-state index < -0.39 is 5.82 Å². The number of anilines is 3. The molecule has 4 aromatic rings. The molecule has 5 rings (SSSR count). The van der Waals surface area contributed by atoms with Crippen LogP contribution in [0, 0.1) is 12.7 Å². The van der Waals surface area contributed by atoms with Crippen molar-refractivity contribution in [3.8, 4) is 11.1 Å². The zero-order chi connectivity index (χ0) is 25.9. The first kappa shape index (κ1) is 24.9. The van der Waals surface area contributed by atoms with Crippen LogP contribution in [0.3, 0.4) is 0 Å². The summed E-state index contributed by atoms with van der Waals surface area (Å²) in [5, 5.41) is 7.06. The van der Waals surface area contributed by atoms with Crippen molar-refractivity contribution in [2.75, 3.05) is 24.2 Å². The van der Waals surface area contributed by atoms with Gasteiger partial charge in [0.2, 0.25) is 5.91 Å². The maximum atomic E-state index is 13.7. The van der Waals surface area contributed by atoms with Crippen LogP contribution in [0.2, 0.25) is 5.02 Å². The van der Waals surface area contributed by atoms with Crippen molar-refractivity contribution in [3.05, 3.63) is 89.5 Å². The summed E-state index contributed by atoms with van der Waals surface area (Å²) in [6, 6.07) is 16.4. The predicted molar refractivity (Wildman–Crippen MR) is 148 cm³/mol. The Morgan fingerprint density at radius 3 is 2.78 bits per heavy atom. The topological polar surface area (TPSA) is 70.2 Å². The number of rotatable bonds is 6. The Morgan fingerprint density at radius 1 is 1.16 bits per heavy atom. The first-order valence-electron chi connectivity index (χ1n) is 12.2. The van der Waals surface area contributed by atoms with E-state index in [2.05, 4.69) is 38.6 Å². The number of halogens is 2. The van der Waals surface area contributed by atoms with Gasteiger partial charge in [0.25, 0.3) is 0 Å². The number of hydrogen-bond donors (Lipinski definition) is 2. The van der Waals surface area contributed by atoms with Gasteiger partial charge in [0.05, 0.1) is 15.9 Å². The number of hydrogen-bond acceptors (Lipinski definition) is 5. The van der Waals surface area contributed by atoms with E-state index in [1.807, 2.05) is 43.3 Å². The number of likely N-dealkylation sites (tertiary alicyclic amines) is 1. The first-order valence-corrected chi connectivity index (χ1v) is 12.5. The van der Waals surface area contributed by atoms with Crippen molar-refractivity contribution < 1.29 is 9.18 Å². The van der Waals surface area contributed by atoms with E-state index in [0.29, 0.717) is 22.7 Å². The number of carbonyl (C=O) groups is 1. The van der Waals surface area contributed by atoms with Crippen LogP contribution in [0.15, 0.2) is 73.1 Å². The smallest absolute Gasteiger partial charge is 0.248 e.